The summed E-state index contributed by atoms with van der Waals surface area (Å²) in [6.07, 6.45) is 0. The molecule has 1 heterocycles. The lowest BCUT2D eigenvalue weighted by atomic mass is 9.81. The van der Waals surface area contributed by atoms with E-state index in [0.29, 0.717) is 22.5 Å². The molecule has 1 aliphatic rings. The summed E-state index contributed by atoms with van der Waals surface area (Å²) >= 11 is 0. The van der Waals surface area contributed by atoms with Crippen molar-refractivity contribution in [3.8, 4) is 6.07 Å². The zero-order chi connectivity index (χ0) is 17.1. The molecule has 0 saturated carbocycles. The second-order valence-electron chi connectivity index (χ2n) is 5.06. The van der Waals surface area contributed by atoms with Crippen LogP contribution in [0.4, 0.5) is 0 Å². The molecule has 0 fully saturated rings. The standard InChI is InChI=1S/C17H16N2O4/c1-9(20)14-10(2)23-16(19)13(8-18)15(14)11-4-6-12(7-5-11)17(21)22-3/h4-7,15H,19H2,1-3H3/t15-/m1/s1. The van der Waals surface area contributed by atoms with E-state index >= 15 is 0 Å². The Morgan fingerprint density at radius 1 is 1.30 bits per heavy atom. The molecule has 1 aromatic carbocycles. The Bertz CT molecular complexity index is 767. The molecule has 0 radical (unpaired) electrons. The highest BCUT2D eigenvalue weighted by Crippen LogP contribution is 2.39. The van der Waals surface area contributed by atoms with E-state index in [1.54, 1.807) is 31.2 Å². The zero-order valence-corrected chi connectivity index (χ0v) is 13.0. The lowest BCUT2D eigenvalue weighted by molar-refractivity contribution is -0.114. The number of ketones is 1. The zero-order valence-electron chi connectivity index (χ0n) is 13.0. The molecular weight excluding hydrogens is 296 g/mol. The number of nitriles is 1. The molecule has 118 valence electrons. The number of allylic oxidation sites excluding steroid dienone is 3. The van der Waals surface area contributed by atoms with Crippen molar-refractivity contribution in [2.75, 3.05) is 7.11 Å². The van der Waals surface area contributed by atoms with Crippen molar-refractivity contribution in [1.82, 2.24) is 0 Å². The third kappa shape index (κ3) is 2.94. The van der Waals surface area contributed by atoms with Crippen LogP contribution in [0.1, 0.15) is 35.7 Å². The highest BCUT2D eigenvalue weighted by molar-refractivity contribution is 5.97. The van der Waals surface area contributed by atoms with Gasteiger partial charge in [0.2, 0.25) is 5.88 Å². The molecule has 0 aromatic heterocycles. The van der Waals surface area contributed by atoms with Gasteiger partial charge in [0.15, 0.2) is 5.78 Å². The summed E-state index contributed by atoms with van der Waals surface area (Å²) < 4.78 is 9.97. The minimum Gasteiger partial charge on any atom is -0.465 e. The smallest absolute Gasteiger partial charge is 0.337 e. The quantitative estimate of drug-likeness (QED) is 0.858. The van der Waals surface area contributed by atoms with Crippen LogP contribution in [-0.4, -0.2) is 18.9 Å². The number of methoxy groups -OCH3 is 1. The molecule has 2 N–H and O–H groups in total. The van der Waals surface area contributed by atoms with Gasteiger partial charge in [-0.3, -0.25) is 4.79 Å². The first-order valence-corrected chi connectivity index (χ1v) is 6.88. The fourth-order valence-corrected chi connectivity index (χ4v) is 2.60. The summed E-state index contributed by atoms with van der Waals surface area (Å²) in [5.74, 6) is -0.923. The van der Waals surface area contributed by atoms with Gasteiger partial charge < -0.3 is 15.2 Å². The molecule has 1 aliphatic heterocycles. The van der Waals surface area contributed by atoms with E-state index in [1.165, 1.54) is 14.0 Å². The summed E-state index contributed by atoms with van der Waals surface area (Å²) in [4.78, 5) is 23.5. The van der Waals surface area contributed by atoms with Crippen molar-refractivity contribution in [3.05, 3.63) is 58.2 Å². The van der Waals surface area contributed by atoms with Crippen LogP contribution in [0.5, 0.6) is 0 Å². The Balaban J connectivity index is 2.56. The molecule has 0 spiro atoms. The topological polar surface area (TPSA) is 102 Å². The summed E-state index contributed by atoms with van der Waals surface area (Å²) in [5, 5.41) is 9.38. The fraction of sp³-hybridized carbons (Fsp3) is 0.235. The number of Topliss-reactive ketones (excluding diaryl/α,β-unsaturated/α-hetero) is 1. The normalized spacial score (nSPS) is 17.4. The molecule has 1 atom stereocenters. The van der Waals surface area contributed by atoms with Crippen LogP contribution in [0.2, 0.25) is 0 Å². The van der Waals surface area contributed by atoms with Crippen molar-refractivity contribution in [3.63, 3.8) is 0 Å². The number of nitrogens with two attached hydrogens (primary N) is 1. The number of carbonyl (C=O) groups is 2. The lowest BCUT2D eigenvalue weighted by Gasteiger charge is -2.26. The van der Waals surface area contributed by atoms with Crippen LogP contribution in [0, 0.1) is 11.3 Å². The first kappa shape index (κ1) is 16.3. The Morgan fingerprint density at radius 2 is 1.91 bits per heavy atom. The fourth-order valence-electron chi connectivity index (χ4n) is 2.60. The second kappa shape index (κ2) is 6.36. The molecule has 0 bridgehead atoms. The molecule has 0 unspecified atom stereocenters. The molecule has 23 heavy (non-hydrogen) atoms. The van der Waals surface area contributed by atoms with Crippen LogP contribution in [-0.2, 0) is 14.3 Å². The average Bonchev–Trinajstić information content (AvgIpc) is 2.53. The molecule has 1 aromatic rings. The first-order chi connectivity index (χ1) is 10.9. The Hall–Kier alpha value is -3.07. The molecule has 0 aliphatic carbocycles. The Morgan fingerprint density at radius 3 is 2.39 bits per heavy atom. The van der Waals surface area contributed by atoms with Gasteiger partial charge in [0.25, 0.3) is 0 Å². The molecular formula is C17H16N2O4. The average molecular weight is 312 g/mol. The van der Waals surface area contributed by atoms with E-state index < -0.39 is 11.9 Å². The third-order valence-corrected chi connectivity index (χ3v) is 3.65. The maximum absolute atomic E-state index is 12.0. The number of benzene rings is 1. The van der Waals surface area contributed by atoms with Crippen molar-refractivity contribution < 1.29 is 19.1 Å². The number of hydrogen-bond acceptors (Lipinski definition) is 6. The van der Waals surface area contributed by atoms with Gasteiger partial charge in [-0.05, 0) is 31.5 Å². The summed E-state index contributed by atoms with van der Waals surface area (Å²) in [6, 6.07) is 8.50. The molecule has 6 nitrogen and oxygen atoms in total. The minimum atomic E-state index is -0.613. The van der Waals surface area contributed by atoms with Gasteiger partial charge >= 0.3 is 5.97 Å². The van der Waals surface area contributed by atoms with E-state index in [0.717, 1.165) is 0 Å². The minimum absolute atomic E-state index is 0.0166. The Kier molecular flexibility index (Phi) is 4.51. The number of esters is 1. The monoisotopic (exact) mass is 312 g/mol. The van der Waals surface area contributed by atoms with Gasteiger partial charge in [0, 0.05) is 5.57 Å². The van der Waals surface area contributed by atoms with Crippen molar-refractivity contribution in [1.29, 1.82) is 5.26 Å². The van der Waals surface area contributed by atoms with Crippen LogP contribution < -0.4 is 5.73 Å². The predicted molar refractivity (Wildman–Crippen MR) is 81.8 cm³/mol. The molecule has 2 rings (SSSR count). The number of carbonyl (C=O) groups excluding carboxylic acids is 2. The largest absolute Gasteiger partial charge is 0.465 e. The maximum Gasteiger partial charge on any atom is 0.337 e. The maximum atomic E-state index is 12.0. The van der Waals surface area contributed by atoms with E-state index in [1.807, 2.05) is 6.07 Å². The highest BCUT2D eigenvalue weighted by atomic mass is 16.5. The van der Waals surface area contributed by atoms with Crippen LogP contribution in [0.3, 0.4) is 0 Å². The highest BCUT2D eigenvalue weighted by Gasteiger charge is 2.33. The number of rotatable bonds is 3. The summed E-state index contributed by atoms with van der Waals surface area (Å²) in [5.41, 5.74) is 7.38. The summed E-state index contributed by atoms with van der Waals surface area (Å²) in [6.45, 7) is 3.04. The SMILES string of the molecule is COC(=O)c1ccc([C@@H]2C(C#N)=C(N)OC(C)=C2C(C)=O)cc1. The van der Waals surface area contributed by atoms with Crippen LogP contribution >= 0.6 is 0 Å². The molecule has 6 heteroatoms. The van der Waals surface area contributed by atoms with Crippen LogP contribution in [0.25, 0.3) is 0 Å². The van der Waals surface area contributed by atoms with Gasteiger partial charge in [-0.2, -0.15) is 5.26 Å². The number of ether oxygens (including phenoxy) is 2. The van der Waals surface area contributed by atoms with Crippen molar-refractivity contribution >= 4 is 11.8 Å². The van der Waals surface area contributed by atoms with E-state index in [-0.39, 0.29) is 17.2 Å². The van der Waals surface area contributed by atoms with E-state index in [9.17, 15) is 14.9 Å². The van der Waals surface area contributed by atoms with Gasteiger partial charge in [0.05, 0.1) is 18.6 Å². The van der Waals surface area contributed by atoms with E-state index in [4.69, 9.17) is 10.5 Å². The number of hydrogen-bond donors (Lipinski definition) is 1. The second-order valence-corrected chi connectivity index (χ2v) is 5.06. The molecule has 0 saturated heterocycles. The summed E-state index contributed by atoms with van der Waals surface area (Å²) in [7, 11) is 1.30. The Labute approximate surface area is 133 Å². The van der Waals surface area contributed by atoms with Crippen molar-refractivity contribution in [2.45, 2.75) is 19.8 Å². The lowest BCUT2D eigenvalue weighted by Crippen LogP contribution is -2.23. The van der Waals surface area contributed by atoms with Crippen LogP contribution in [0.15, 0.2) is 47.1 Å². The molecule has 0 amide bonds. The van der Waals surface area contributed by atoms with Gasteiger partial charge in [0.1, 0.15) is 17.4 Å². The third-order valence-electron chi connectivity index (χ3n) is 3.65. The van der Waals surface area contributed by atoms with Gasteiger partial charge in [-0.15, -0.1) is 0 Å². The predicted octanol–water partition coefficient (Wildman–Crippen LogP) is 2.14. The van der Waals surface area contributed by atoms with Crippen molar-refractivity contribution in [2.24, 2.45) is 5.73 Å². The van der Waals surface area contributed by atoms with Gasteiger partial charge in [-0.1, -0.05) is 12.1 Å². The van der Waals surface area contributed by atoms with E-state index in [2.05, 4.69) is 4.74 Å². The number of nitrogens with zero attached hydrogens (tertiary/aromatic N) is 1. The first-order valence-electron chi connectivity index (χ1n) is 6.88. The van der Waals surface area contributed by atoms with Gasteiger partial charge in [-0.25, -0.2) is 4.79 Å².